The summed E-state index contributed by atoms with van der Waals surface area (Å²) in [5, 5.41) is 9.11. The minimum absolute atomic E-state index is 0.295. The van der Waals surface area contributed by atoms with Gasteiger partial charge in [0.15, 0.2) is 5.78 Å². The molecule has 0 bridgehead atoms. The molecule has 0 aromatic heterocycles. The second-order valence-electron chi connectivity index (χ2n) is 9.35. The Kier molecular flexibility index (Phi) is 5.82. The Morgan fingerprint density at radius 3 is 2.34 bits per heavy atom. The Hall–Kier alpha value is -3.12. The van der Waals surface area contributed by atoms with Gasteiger partial charge in [-0.15, -0.1) is 0 Å². The largest absolute Gasteiger partial charge is 0.482 e. The SMILES string of the molecule is CC(C)(C)OC(=O)N1CCC2(C=C(c3ccc(C(=O)CO)cc3)c3ccccc3O2)CC1. The summed E-state index contributed by atoms with van der Waals surface area (Å²) in [6, 6.07) is 15.2. The smallest absolute Gasteiger partial charge is 0.410 e. The fraction of sp³-hybridized carbons (Fsp3) is 0.385. The van der Waals surface area contributed by atoms with Crippen molar-refractivity contribution in [3.63, 3.8) is 0 Å². The van der Waals surface area contributed by atoms with Gasteiger partial charge >= 0.3 is 6.09 Å². The van der Waals surface area contributed by atoms with Crippen LogP contribution >= 0.6 is 0 Å². The van der Waals surface area contributed by atoms with Crippen LogP contribution in [0.3, 0.4) is 0 Å². The average molecular weight is 436 g/mol. The van der Waals surface area contributed by atoms with Crippen LogP contribution in [-0.4, -0.2) is 52.8 Å². The van der Waals surface area contributed by atoms with Crippen molar-refractivity contribution in [1.29, 1.82) is 0 Å². The Morgan fingerprint density at radius 1 is 1.06 bits per heavy atom. The standard InChI is InChI=1S/C26H29NO5/c1-25(2,3)32-24(30)27-14-12-26(13-15-27)16-21(20-6-4-5-7-23(20)31-26)18-8-10-19(11-9-18)22(29)17-28/h4-11,16,28H,12-15,17H2,1-3H3. The lowest BCUT2D eigenvalue weighted by Gasteiger charge is -2.43. The van der Waals surface area contributed by atoms with E-state index in [9.17, 15) is 9.59 Å². The summed E-state index contributed by atoms with van der Waals surface area (Å²) in [6.45, 7) is 6.19. The number of Topliss-reactive ketones (excluding diaryl/α,β-unsaturated/α-hetero) is 1. The lowest BCUT2D eigenvalue weighted by Crippen LogP contribution is -2.50. The van der Waals surface area contributed by atoms with Crippen LogP contribution in [0.2, 0.25) is 0 Å². The fourth-order valence-corrected chi connectivity index (χ4v) is 4.17. The number of likely N-dealkylation sites (tertiary alicyclic amines) is 1. The maximum atomic E-state index is 12.5. The van der Waals surface area contributed by atoms with Crippen LogP contribution in [0.4, 0.5) is 4.79 Å². The first-order valence-electron chi connectivity index (χ1n) is 10.9. The molecule has 0 radical (unpaired) electrons. The predicted octanol–water partition coefficient (Wildman–Crippen LogP) is 4.46. The second-order valence-corrected chi connectivity index (χ2v) is 9.35. The van der Waals surface area contributed by atoms with Gasteiger partial charge in [0.25, 0.3) is 0 Å². The number of carbonyl (C=O) groups excluding carboxylic acids is 2. The maximum absolute atomic E-state index is 12.5. The molecule has 6 heteroatoms. The number of ether oxygens (including phenoxy) is 2. The number of fused-ring (bicyclic) bond motifs is 1. The van der Waals surface area contributed by atoms with Gasteiger partial charge in [-0.3, -0.25) is 4.79 Å². The van der Waals surface area contributed by atoms with Gasteiger partial charge in [0, 0.05) is 37.1 Å². The molecule has 1 amide bonds. The average Bonchev–Trinajstić information content (AvgIpc) is 2.77. The molecule has 1 spiro atoms. The normalized spacial score (nSPS) is 17.2. The summed E-state index contributed by atoms with van der Waals surface area (Å²) in [5.41, 5.74) is 2.46. The number of carbonyl (C=O) groups is 2. The van der Waals surface area contributed by atoms with E-state index in [-0.39, 0.29) is 11.9 Å². The first-order chi connectivity index (χ1) is 15.2. The van der Waals surface area contributed by atoms with E-state index in [4.69, 9.17) is 14.6 Å². The second kappa shape index (κ2) is 8.43. The van der Waals surface area contributed by atoms with Gasteiger partial charge in [-0.25, -0.2) is 4.79 Å². The number of para-hydroxylation sites is 1. The lowest BCUT2D eigenvalue weighted by atomic mass is 9.83. The zero-order chi connectivity index (χ0) is 22.9. The molecule has 168 valence electrons. The van der Waals surface area contributed by atoms with Gasteiger partial charge in [-0.05, 0) is 44.1 Å². The molecule has 6 nitrogen and oxygen atoms in total. The highest BCUT2D eigenvalue weighted by atomic mass is 16.6. The summed E-state index contributed by atoms with van der Waals surface area (Å²) in [5.74, 6) is 0.509. The number of benzene rings is 2. The minimum atomic E-state index is -0.525. The van der Waals surface area contributed by atoms with Gasteiger partial charge in [0.1, 0.15) is 23.6 Å². The van der Waals surface area contributed by atoms with E-state index in [1.165, 1.54) is 0 Å². The Labute approximate surface area is 188 Å². The lowest BCUT2D eigenvalue weighted by molar-refractivity contribution is -0.00116. The molecule has 2 aliphatic heterocycles. The molecule has 1 saturated heterocycles. The highest BCUT2D eigenvalue weighted by Gasteiger charge is 2.40. The zero-order valence-electron chi connectivity index (χ0n) is 18.8. The summed E-state index contributed by atoms with van der Waals surface area (Å²) < 4.78 is 12.0. The summed E-state index contributed by atoms with van der Waals surface area (Å²) >= 11 is 0. The molecule has 0 atom stereocenters. The quantitative estimate of drug-likeness (QED) is 0.721. The minimum Gasteiger partial charge on any atom is -0.482 e. The predicted molar refractivity (Wildman–Crippen MR) is 122 cm³/mol. The monoisotopic (exact) mass is 435 g/mol. The highest BCUT2D eigenvalue weighted by Crippen LogP contribution is 2.43. The molecule has 0 saturated carbocycles. The molecule has 1 fully saturated rings. The van der Waals surface area contributed by atoms with E-state index in [2.05, 4.69) is 6.08 Å². The molecule has 0 aliphatic carbocycles. The molecule has 4 rings (SSSR count). The van der Waals surface area contributed by atoms with E-state index in [0.29, 0.717) is 31.5 Å². The Balaban J connectivity index is 1.61. The van der Waals surface area contributed by atoms with Crippen molar-refractivity contribution >= 4 is 17.4 Å². The maximum Gasteiger partial charge on any atom is 0.410 e. The van der Waals surface area contributed by atoms with Crippen molar-refractivity contribution < 1.29 is 24.2 Å². The van der Waals surface area contributed by atoms with Crippen molar-refractivity contribution in [2.75, 3.05) is 19.7 Å². The van der Waals surface area contributed by atoms with Gasteiger partial charge in [0.2, 0.25) is 0 Å². The summed E-state index contributed by atoms with van der Waals surface area (Å²) in [7, 11) is 0. The number of aliphatic hydroxyl groups excluding tert-OH is 1. The molecule has 2 heterocycles. The molecule has 32 heavy (non-hydrogen) atoms. The van der Waals surface area contributed by atoms with Gasteiger partial charge in [-0.2, -0.15) is 0 Å². The van der Waals surface area contributed by atoms with Gasteiger partial charge in [0.05, 0.1) is 0 Å². The third-order valence-corrected chi connectivity index (χ3v) is 5.82. The van der Waals surface area contributed by atoms with E-state index in [0.717, 1.165) is 22.4 Å². The molecule has 2 aliphatic rings. The molecule has 2 aromatic carbocycles. The van der Waals surface area contributed by atoms with Crippen molar-refractivity contribution in [2.24, 2.45) is 0 Å². The van der Waals surface area contributed by atoms with Crippen molar-refractivity contribution in [3.05, 3.63) is 71.3 Å². The first-order valence-corrected chi connectivity index (χ1v) is 10.9. The van der Waals surface area contributed by atoms with Crippen LogP contribution in [0.15, 0.2) is 54.6 Å². The summed E-state index contributed by atoms with van der Waals surface area (Å²) in [4.78, 5) is 26.0. The number of nitrogens with zero attached hydrogens (tertiary/aromatic N) is 1. The van der Waals surface area contributed by atoms with Crippen molar-refractivity contribution in [3.8, 4) is 5.75 Å². The highest BCUT2D eigenvalue weighted by molar-refractivity contribution is 5.97. The number of aliphatic hydroxyl groups is 1. The van der Waals surface area contributed by atoms with Crippen LogP contribution in [-0.2, 0) is 4.74 Å². The van der Waals surface area contributed by atoms with E-state index < -0.39 is 17.8 Å². The number of piperidine rings is 1. The Bertz CT molecular complexity index is 1040. The number of hydrogen-bond donors (Lipinski definition) is 1. The van der Waals surface area contributed by atoms with Gasteiger partial charge < -0.3 is 19.5 Å². The number of hydrogen-bond acceptors (Lipinski definition) is 5. The first kappa shape index (κ1) is 22.1. The molecular formula is C26H29NO5. The van der Waals surface area contributed by atoms with Crippen LogP contribution in [0.25, 0.3) is 5.57 Å². The van der Waals surface area contributed by atoms with Crippen LogP contribution in [0.5, 0.6) is 5.75 Å². The zero-order valence-corrected chi connectivity index (χ0v) is 18.8. The fourth-order valence-electron chi connectivity index (χ4n) is 4.17. The van der Waals surface area contributed by atoms with Crippen molar-refractivity contribution in [1.82, 2.24) is 4.90 Å². The Morgan fingerprint density at radius 2 is 1.72 bits per heavy atom. The molecular weight excluding hydrogens is 406 g/mol. The summed E-state index contributed by atoms with van der Waals surface area (Å²) in [6.07, 6.45) is 3.18. The molecule has 1 N–H and O–H groups in total. The van der Waals surface area contributed by atoms with Crippen LogP contribution in [0, 0.1) is 0 Å². The van der Waals surface area contributed by atoms with E-state index >= 15 is 0 Å². The van der Waals surface area contributed by atoms with Crippen LogP contribution in [0.1, 0.15) is 55.1 Å². The van der Waals surface area contributed by atoms with E-state index in [1.807, 2.05) is 57.2 Å². The number of amides is 1. The number of ketones is 1. The van der Waals surface area contributed by atoms with Crippen LogP contribution < -0.4 is 4.74 Å². The number of rotatable bonds is 3. The van der Waals surface area contributed by atoms with E-state index in [1.54, 1.807) is 17.0 Å². The molecule has 2 aromatic rings. The topological polar surface area (TPSA) is 76.1 Å². The third kappa shape index (κ3) is 4.55. The molecule has 0 unspecified atom stereocenters. The third-order valence-electron chi connectivity index (χ3n) is 5.82. The van der Waals surface area contributed by atoms with Crippen molar-refractivity contribution in [2.45, 2.75) is 44.8 Å². The van der Waals surface area contributed by atoms with Gasteiger partial charge in [-0.1, -0.05) is 42.5 Å².